The zero-order valence-corrected chi connectivity index (χ0v) is 11.3. The summed E-state index contributed by atoms with van der Waals surface area (Å²) >= 11 is 0. The molecule has 1 aromatic carbocycles. The number of sulfonamides is 1. The summed E-state index contributed by atoms with van der Waals surface area (Å²) in [5.41, 5.74) is 5.59. The third-order valence-electron chi connectivity index (χ3n) is 2.52. The SMILES string of the molecule is Cn1ccc(CNS(=O)(=O)c2cc(N)cc(F)c2F)n1. The van der Waals surface area contributed by atoms with Gasteiger partial charge in [0.15, 0.2) is 11.6 Å². The second-order valence-corrected chi connectivity index (χ2v) is 5.86. The van der Waals surface area contributed by atoms with Crippen LogP contribution in [0, 0.1) is 11.6 Å². The average Bonchev–Trinajstić information content (AvgIpc) is 2.77. The quantitative estimate of drug-likeness (QED) is 0.816. The van der Waals surface area contributed by atoms with E-state index in [2.05, 4.69) is 9.82 Å². The highest BCUT2D eigenvalue weighted by molar-refractivity contribution is 7.89. The van der Waals surface area contributed by atoms with Crippen LogP contribution in [0.5, 0.6) is 0 Å². The molecule has 9 heteroatoms. The van der Waals surface area contributed by atoms with Crippen LogP contribution in [-0.4, -0.2) is 18.2 Å². The van der Waals surface area contributed by atoms with E-state index in [1.807, 2.05) is 0 Å². The predicted octanol–water partition coefficient (Wildman–Crippen LogP) is 0.759. The van der Waals surface area contributed by atoms with Crippen molar-refractivity contribution in [2.24, 2.45) is 7.05 Å². The highest BCUT2D eigenvalue weighted by Crippen LogP contribution is 2.21. The summed E-state index contributed by atoms with van der Waals surface area (Å²) in [4.78, 5) is -0.828. The Morgan fingerprint density at radius 2 is 2.10 bits per heavy atom. The van der Waals surface area contributed by atoms with Gasteiger partial charge in [-0.2, -0.15) is 5.10 Å². The Labute approximate surface area is 114 Å². The van der Waals surface area contributed by atoms with Crippen molar-refractivity contribution in [3.63, 3.8) is 0 Å². The summed E-state index contributed by atoms with van der Waals surface area (Å²) in [6, 6.07) is 3.17. The fourth-order valence-electron chi connectivity index (χ4n) is 1.58. The van der Waals surface area contributed by atoms with E-state index in [0.29, 0.717) is 11.8 Å². The Kier molecular flexibility index (Phi) is 3.73. The number of nitrogen functional groups attached to an aromatic ring is 1. The highest BCUT2D eigenvalue weighted by Gasteiger charge is 2.22. The minimum atomic E-state index is -4.22. The van der Waals surface area contributed by atoms with Crippen molar-refractivity contribution in [1.82, 2.24) is 14.5 Å². The summed E-state index contributed by atoms with van der Waals surface area (Å²) in [5, 5.41) is 3.96. The first-order valence-corrected chi connectivity index (χ1v) is 7.00. The Balaban J connectivity index is 2.27. The lowest BCUT2D eigenvalue weighted by Crippen LogP contribution is -2.25. The van der Waals surface area contributed by atoms with Crippen LogP contribution in [0.25, 0.3) is 0 Å². The molecule has 0 bridgehead atoms. The van der Waals surface area contributed by atoms with E-state index in [4.69, 9.17) is 5.73 Å². The zero-order chi connectivity index (χ0) is 14.9. The molecule has 0 aliphatic rings. The minimum absolute atomic E-state index is 0.140. The van der Waals surface area contributed by atoms with E-state index in [1.54, 1.807) is 19.3 Å². The Hall–Kier alpha value is -2.00. The molecular formula is C11H12F2N4O2S. The van der Waals surface area contributed by atoms with E-state index >= 15 is 0 Å². The van der Waals surface area contributed by atoms with Gasteiger partial charge in [-0.05, 0) is 18.2 Å². The number of hydrogen-bond acceptors (Lipinski definition) is 4. The van der Waals surface area contributed by atoms with Gasteiger partial charge in [0.25, 0.3) is 0 Å². The van der Waals surface area contributed by atoms with E-state index in [-0.39, 0.29) is 12.2 Å². The Bertz CT molecular complexity index is 743. The van der Waals surface area contributed by atoms with Crippen LogP contribution in [0.1, 0.15) is 5.69 Å². The molecule has 2 aromatic rings. The van der Waals surface area contributed by atoms with Gasteiger partial charge >= 0.3 is 0 Å². The number of nitrogens with zero attached hydrogens (tertiary/aromatic N) is 2. The molecule has 0 spiro atoms. The lowest BCUT2D eigenvalue weighted by molar-refractivity contribution is 0.483. The number of rotatable bonds is 4. The molecule has 0 aliphatic carbocycles. The van der Waals surface area contributed by atoms with E-state index in [9.17, 15) is 17.2 Å². The van der Waals surface area contributed by atoms with Crippen LogP contribution in [0.4, 0.5) is 14.5 Å². The number of aromatic nitrogens is 2. The highest BCUT2D eigenvalue weighted by atomic mass is 32.2. The number of benzene rings is 1. The second-order valence-electron chi connectivity index (χ2n) is 4.12. The fraction of sp³-hybridized carbons (Fsp3) is 0.182. The normalized spacial score (nSPS) is 11.8. The molecule has 1 aromatic heterocycles. The van der Waals surface area contributed by atoms with Crippen LogP contribution >= 0.6 is 0 Å². The zero-order valence-electron chi connectivity index (χ0n) is 10.5. The molecule has 108 valence electrons. The molecule has 0 fully saturated rings. The molecule has 1 heterocycles. The number of hydrogen-bond donors (Lipinski definition) is 2. The number of aryl methyl sites for hydroxylation is 1. The van der Waals surface area contributed by atoms with Gasteiger partial charge < -0.3 is 5.73 Å². The minimum Gasteiger partial charge on any atom is -0.399 e. The fourth-order valence-corrected chi connectivity index (χ4v) is 2.70. The molecule has 0 aliphatic heterocycles. The first-order chi connectivity index (χ1) is 9.29. The molecule has 0 saturated carbocycles. The van der Waals surface area contributed by atoms with Crippen LogP contribution in [0.15, 0.2) is 29.3 Å². The first-order valence-electron chi connectivity index (χ1n) is 5.52. The molecule has 0 radical (unpaired) electrons. The number of halogens is 2. The van der Waals surface area contributed by atoms with Crippen LogP contribution in [-0.2, 0) is 23.6 Å². The van der Waals surface area contributed by atoms with Gasteiger partial charge in [-0.3, -0.25) is 4.68 Å². The third-order valence-corrected chi connectivity index (χ3v) is 3.92. The molecule has 6 nitrogen and oxygen atoms in total. The van der Waals surface area contributed by atoms with Gasteiger partial charge in [-0.15, -0.1) is 0 Å². The summed E-state index contributed by atoms with van der Waals surface area (Å²) in [5.74, 6) is -2.78. The van der Waals surface area contributed by atoms with Crippen molar-refractivity contribution in [3.8, 4) is 0 Å². The van der Waals surface area contributed by atoms with Crippen molar-refractivity contribution >= 4 is 15.7 Å². The van der Waals surface area contributed by atoms with Gasteiger partial charge in [0.1, 0.15) is 4.90 Å². The van der Waals surface area contributed by atoms with Crippen LogP contribution < -0.4 is 10.5 Å². The van der Waals surface area contributed by atoms with Crippen molar-refractivity contribution in [2.75, 3.05) is 5.73 Å². The molecular weight excluding hydrogens is 290 g/mol. The Morgan fingerprint density at radius 1 is 1.40 bits per heavy atom. The predicted molar refractivity (Wildman–Crippen MR) is 68.0 cm³/mol. The first kappa shape index (κ1) is 14.4. The number of nitrogens with one attached hydrogen (secondary N) is 1. The van der Waals surface area contributed by atoms with Crippen LogP contribution in [0.3, 0.4) is 0 Å². The molecule has 20 heavy (non-hydrogen) atoms. The summed E-state index contributed by atoms with van der Waals surface area (Å²) in [6.07, 6.45) is 1.63. The van der Waals surface area contributed by atoms with Crippen molar-refractivity contribution in [2.45, 2.75) is 11.4 Å². The maximum Gasteiger partial charge on any atom is 0.244 e. The third kappa shape index (κ3) is 2.94. The average molecular weight is 302 g/mol. The topological polar surface area (TPSA) is 90.0 Å². The molecule has 0 atom stereocenters. The van der Waals surface area contributed by atoms with E-state index in [1.165, 1.54) is 4.68 Å². The summed E-state index contributed by atoms with van der Waals surface area (Å²) < 4.78 is 54.2. The summed E-state index contributed by atoms with van der Waals surface area (Å²) in [7, 11) is -2.55. The van der Waals surface area contributed by atoms with Crippen molar-refractivity contribution in [3.05, 3.63) is 41.7 Å². The van der Waals surface area contributed by atoms with Crippen LogP contribution in [0.2, 0.25) is 0 Å². The number of nitrogens with two attached hydrogens (primary N) is 1. The van der Waals surface area contributed by atoms with Crippen molar-refractivity contribution < 1.29 is 17.2 Å². The van der Waals surface area contributed by atoms with Crippen molar-refractivity contribution in [1.29, 1.82) is 0 Å². The van der Waals surface area contributed by atoms with Gasteiger partial charge in [-0.1, -0.05) is 0 Å². The standard InChI is InChI=1S/C11H12F2N4O2S/c1-17-3-2-8(16-17)6-15-20(18,19)10-5-7(14)4-9(12)11(10)13/h2-5,15H,6,14H2,1H3. The number of anilines is 1. The second kappa shape index (κ2) is 5.17. The van der Waals surface area contributed by atoms with Gasteiger partial charge in [-0.25, -0.2) is 21.9 Å². The lowest BCUT2D eigenvalue weighted by atomic mass is 10.3. The van der Waals surface area contributed by atoms with Gasteiger partial charge in [0.05, 0.1) is 12.2 Å². The largest absolute Gasteiger partial charge is 0.399 e. The molecule has 0 unspecified atom stereocenters. The van der Waals surface area contributed by atoms with Gasteiger partial charge in [0, 0.05) is 18.9 Å². The molecule has 0 amide bonds. The van der Waals surface area contributed by atoms with E-state index < -0.39 is 26.6 Å². The van der Waals surface area contributed by atoms with E-state index in [0.717, 1.165) is 6.07 Å². The lowest BCUT2D eigenvalue weighted by Gasteiger charge is -2.08. The molecule has 0 saturated heterocycles. The Morgan fingerprint density at radius 3 is 2.70 bits per heavy atom. The summed E-state index contributed by atoms with van der Waals surface area (Å²) in [6.45, 7) is -0.140. The maximum absolute atomic E-state index is 13.5. The monoisotopic (exact) mass is 302 g/mol. The van der Waals surface area contributed by atoms with Gasteiger partial charge in [0.2, 0.25) is 10.0 Å². The maximum atomic E-state index is 13.5. The molecule has 3 N–H and O–H groups in total. The molecule has 2 rings (SSSR count). The smallest absolute Gasteiger partial charge is 0.244 e.